The van der Waals surface area contributed by atoms with Crippen LogP contribution in [0.25, 0.3) is 5.32 Å². The van der Waals surface area contributed by atoms with E-state index in [9.17, 15) is 0 Å². The molecule has 3 aliphatic rings. The Morgan fingerprint density at radius 1 is 1.40 bits per heavy atom. The first-order chi connectivity index (χ1) is 11.7. The van der Waals surface area contributed by atoms with Crippen molar-refractivity contribution in [2.75, 3.05) is 7.05 Å². The molecule has 2 nitrogen and oxygen atoms in total. The van der Waals surface area contributed by atoms with Gasteiger partial charge in [0.05, 0.1) is 10.7 Å². The molecule has 3 heteroatoms. The van der Waals surface area contributed by atoms with Crippen LogP contribution < -0.4 is 0 Å². The monoisotopic (exact) mass is 359 g/mol. The number of nitrogens with zero attached hydrogens (tertiary/aromatic N) is 2. The summed E-state index contributed by atoms with van der Waals surface area (Å²) in [5.41, 5.74) is 1.56. The quantitative estimate of drug-likeness (QED) is 0.329. The van der Waals surface area contributed by atoms with Crippen molar-refractivity contribution < 1.29 is 0 Å². The molecule has 140 valence electrons. The van der Waals surface area contributed by atoms with Crippen LogP contribution in [0.2, 0.25) is 0 Å². The van der Waals surface area contributed by atoms with Gasteiger partial charge in [-0.05, 0) is 81.3 Å². The molecule has 0 aromatic rings. The molecule has 0 unspecified atom stereocenters. The van der Waals surface area contributed by atoms with E-state index in [2.05, 4.69) is 44.4 Å². The van der Waals surface area contributed by atoms with Crippen LogP contribution in [0.3, 0.4) is 0 Å². The second-order valence-corrected chi connectivity index (χ2v) is 10.1. The Hall–Kier alpha value is -0.500. The molecule has 0 aromatic heterocycles. The highest BCUT2D eigenvalue weighted by Gasteiger charge is 2.53. The Balaban J connectivity index is 1.94. The zero-order chi connectivity index (χ0) is 18.4. The molecule has 0 radical (unpaired) electrons. The molecular weight excluding hydrogens is 324 g/mol. The molecule has 25 heavy (non-hydrogen) atoms. The van der Waals surface area contributed by atoms with Gasteiger partial charge in [-0.3, -0.25) is 0 Å². The number of hydrogen-bond acceptors (Lipinski definition) is 2. The number of isothiocyanates is 1. The van der Waals surface area contributed by atoms with Crippen LogP contribution in [-0.4, -0.2) is 23.3 Å². The predicted octanol–water partition coefficient (Wildman–Crippen LogP) is 6.28. The molecule has 3 saturated carbocycles. The Morgan fingerprint density at radius 3 is 2.76 bits per heavy atom. The Labute approximate surface area is 159 Å². The average molecular weight is 360 g/mol. The Kier molecular flexibility index (Phi) is 5.32. The van der Waals surface area contributed by atoms with Gasteiger partial charge >= 0.3 is 0 Å². The Bertz CT molecular complexity index is 577. The van der Waals surface area contributed by atoms with Crippen LogP contribution in [0.1, 0.15) is 66.2 Å². The highest BCUT2D eigenvalue weighted by atomic mass is 32.1. The van der Waals surface area contributed by atoms with Crippen LogP contribution in [0, 0.1) is 35.5 Å². The van der Waals surface area contributed by atoms with Gasteiger partial charge in [0.2, 0.25) is 0 Å². The third-order valence-corrected chi connectivity index (χ3v) is 8.03. The molecule has 3 aliphatic carbocycles. The Morgan fingerprint density at radius 2 is 2.12 bits per heavy atom. The van der Waals surface area contributed by atoms with Crippen molar-refractivity contribution in [1.29, 1.82) is 0 Å². The highest BCUT2D eigenvalue weighted by molar-refractivity contribution is 7.78. The second kappa shape index (κ2) is 6.91. The largest absolute Gasteiger partial charge is 0.659 e. The van der Waals surface area contributed by atoms with E-state index in [1.54, 1.807) is 0 Å². The van der Waals surface area contributed by atoms with Gasteiger partial charge in [-0.15, -0.1) is 5.54 Å². The maximum atomic E-state index is 4.90. The first kappa shape index (κ1) is 19.3. The summed E-state index contributed by atoms with van der Waals surface area (Å²) >= 11 is 4.89. The van der Waals surface area contributed by atoms with Crippen molar-refractivity contribution in [1.82, 2.24) is 0 Å². The summed E-state index contributed by atoms with van der Waals surface area (Å²) in [6.07, 6.45) is 7.49. The van der Waals surface area contributed by atoms with E-state index in [4.69, 9.17) is 17.5 Å². The molecule has 0 heterocycles. The summed E-state index contributed by atoms with van der Waals surface area (Å²) in [6.45, 7) is 13.9. The molecule has 0 amide bonds. The minimum Gasteiger partial charge on any atom is -0.659 e. The number of allylic oxidation sites excluding steroid dienone is 1. The topological polar surface area (TPSA) is 26.5 Å². The summed E-state index contributed by atoms with van der Waals surface area (Å²) in [4.78, 5) is 4.47. The van der Waals surface area contributed by atoms with Gasteiger partial charge in [-0.2, -0.15) is 7.05 Å². The standard InChI is InChI=1S/C22H35N2S/c1-14-7-8-18-20-17(9-10-22(18,5)23-6)15(2)11-16(19(14)20)12-21(3,4)24-13-25/h15-20H,1,7-12H2,2-6H3/q-1/t15-,16-,17+,18-,19-,20+,22+/m1/s1. The SMILES string of the molecule is C=C1CC[C@@H]2[C@@H]3[C@@H](CC[C@]2(C)[N-]C)[C@H](C)C[C@H](CC(C)(C)N=C=S)[C@@H]13. The number of aliphatic imine (C=N–C) groups is 1. The van der Waals surface area contributed by atoms with E-state index in [-0.39, 0.29) is 11.1 Å². The molecule has 0 N–H and O–H groups in total. The molecule has 0 aromatic carbocycles. The van der Waals surface area contributed by atoms with Crippen molar-refractivity contribution in [2.45, 2.75) is 77.3 Å². The van der Waals surface area contributed by atoms with Gasteiger partial charge < -0.3 is 5.32 Å². The van der Waals surface area contributed by atoms with Gasteiger partial charge in [0, 0.05) is 0 Å². The lowest BCUT2D eigenvalue weighted by Crippen LogP contribution is -2.56. The molecule has 0 spiro atoms. The second-order valence-electron chi connectivity index (χ2n) is 9.88. The first-order valence-corrected chi connectivity index (χ1v) is 10.5. The smallest absolute Gasteiger partial charge is 0.0657 e. The van der Waals surface area contributed by atoms with Crippen molar-refractivity contribution in [2.24, 2.45) is 40.5 Å². The molecule has 0 aliphatic heterocycles. The van der Waals surface area contributed by atoms with Crippen molar-refractivity contribution >= 4 is 17.4 Å². The minimum absolute atomic E-state index is 0.112. The third kappa shape index (κ3) is 3.40. The van der Waals surface area contributed by atoms with Gasteiger partial charge in [0.25, 0.3) is 0 Å². The normalized spacial score (nSPS) is 44.0. The molecular formula is C22H35N2S-. The van der Waals surface area contributed by atoms with Gasteiger partial charge in [0.15, 0.2) is 0 Å². The first-order valence-electron chi connectivity index (χ1n) is 10.1. The molecule has 0 bridgehead atoms. The van der Waals surface area contributed by atoms with E-state index < -0.39 is 0 Å². The lowest BCUT2D eigenvalue weighted by Gasteiger charge is -2.65. The molecule has 7 atom stereocenters. The zero-order valence-electron chi connectivity index (χ0n) is 16.7. The summed E-state index contributed by atoms with van der Waals surface area (Å²) in [5.74, 6) is 4.48. The third-order valence-electron chi connectivity index (χ3n) is 7.94. The maximum absolute atomic E-state index is 4.90. The molecule has 3 fully saturated rings. The average Bonchev–Trinajstić information content (AvgIpc) is 2.53. The zero-order valence-corrected chi connectivity index (χ0v) is 17.5. The van der Waals surface area contributed by atoms with Crippen LogP contribution in [0.15, 0.2) is 17.1 Å². The lowest BCUT2D eigenvalue weighted by atomic mass is 9.46. The van der Waals surface area contributed by atoms with E-state index in [1.807, 2.05) is 7.05 Å². The summed E-state index contributed by atoms with van der Waals surface area (Å²) in [5, 5.41) is 7.52. The number of rotatable bonds is 4. The van der Waals surface area contributed by atoms with Crippen LogP contribution in [0.4, 0.5) is 0 Å². The van der Waals surface area contributed by atoms with E-state index >= 15 is 0 Å². The predicted molar refractivity (Wildman–Crippen MR) is 110 cm³/mol. The van der Waals surface area contributed by atoms with Gasteiger partial charge in [0.1, 0.15) is 0 Å². The maximum Gasteiger partial charge on any atom is 0.0657 e. The summed E-state index contributed by atoms with van der Waals surface area (Å²) in [6, 6.07) is 0. The van der Waals surface area contributed by atoms with Gasteiger partial charge in [-0.1, -0.05) is 44.8 Å². The van der Waals surface area contributed by atoms with Crippen LogP contribution in [0.5, 0.6) is 0 Å². The fraction of sp³-hybridized carbons (Fsp3) is 0.864. The van der Waals surface area contributed by atoms with E-state index in [0.29, 0.717) is 11.8 Å². The lowest BCUT2D eigenvalue weighted by molar-refractivity contribution is -0.0559. The minimum atomic E-state index is -0.112. The molecule has 3 rings (SSSR count). The molecule has 0 saturated heterocycles. The summed E-state index contributed by atoms with van der Waals surface area (Å²) in [7, 11) is 2.04. The van der Waals surface area contributed by atoms with E-state index in [0.717, 1.165) is 30.1 Å². The number of thiocarbonyl (C=S) groups is 1. The van der Waals surface area contributed by atoms with E-state index in [1.165, 1.54) is 37.7 Å². The van der Waals surface area contributed by atoms with Crippen molar-refractivity contribution in [3.63, 3.8) is 0 Å². The van der Waals surface area contributed by atoms with Crippen molar-refractivity contribution in [3.8, 4) is 0 Å². The fourth-order valence-electron chi connectivity index (χ4n) is 6.76. The number of hydrogen-bond donors (Lipinski definition) is 0. The summed E-state index contributed by atoms with van der Waals surface area (Å²) < 4.78 is 0. The van der Waals surface area contributed by atoms with Gasteiger partial charge in [-0.25, -0.2) is 4.99 Å². The van der Waals surface area contributed by atoms with Crippen molar-refractivity contribution in [3.05, 3.63) is 17.5 Å². The van der Waals surface area contributed by atoms with Crippen LogP contribution in [-0.2, 0) is 0 Å². The van der Waals surface area contributed by atoms with Crippen LogP contribution >= 0.6 is 12.2 Å². The fourth-order valence-corrected chi connectivity index (χ4v) is 7.01. The highest BCUT2D eigenvalue weighted by Crippen LogP contribution is 2.62.